The molecule has 1 aliphatic carbocycles. The minimum atomic E-state index is -0.408. The van der Waals surface area contributed by atoms with Gasteiger partial charge in [0.15, 0.2) is 5.69 Å². The molecule has 3 aromatic rings. The molecule has 0 saturated carbocycles. The highest BCUT2D eigenvalue weighted by molar-refractivity contribution is 6.02. The number of azo groups is 1. The summed E-state index contributed by atoms with van der Waals surface area (Å²) in [5, 5.41) is 18.7. The number of benzene rings is 2. The molecule has 0 radical (unpaired) electrons. The molecular formula is C24H18N6O3. The summed E-state index contributed by atoms with van der Waals surface area (Å²) >= 11 is 0. The predicted molar refractivity (Wildman–Crippen MR) is 121 cm³/mol. The molecule has 1 atom stereocenters. The van der Waals surface area contributed by atoms with E-state index in [1.165, 1.54) is 4.68 Å². The molecule has 2 aromatic carbocycles. The third kappa shape index (κ3) is 3.99. The maximum Gasteiger partial charge on any atom is 0.277 e. The van der Waals surface area contributed by atoms with Crippen LogP contribution >= 0.6 is 0 Å². The van der Waals surface area contributed by atoms with Gasteiger partial charge in [-0.25, -0.2) is 4.68 Å². The Balaban J connectivity index is 1.32. The Morgan fingerprint density at radius 1 is 1.09 bits per heavy atom. The Kier molecular flexibility index (Phi) is 5.19. The van der Waals surface area contributed by atoms with E-state index in [1.807, 2.05) is 54.6 Å². The number of anilines is 1. The van der Waals surface area contributed by atoms with Gasteiger partial charge in [-0.2, -0.15) is 0 Å². The highest BCUT2D eigenvalue weighted by atomic mass is 16.5. The minimum Gasteiger partial charge on any atom is -0.497 e. The first-order valence-corrected chi connectivity index (χ1v) is 10.2. The molecule has 0 fully saturated rings. The molecular weight excluding hydrogens is 420 g/mol. The monoisotopic (exact) mass is 438 g/mol. The second-order valence-electron chi connectivity index (χ2n) is 7.35. The van der Waals surface area contributed by atoms with Crippen molar-refractivity contribution in [2.24, 2.45) is 16.1 Å². The molecule has 1 aromatic heterocycles. The highest BCUT2D eigenvalue weighted by Crippen LogP contribution is 2.34. The summed E-state index contributed by atoms with van der Waals surface area (Å²) in [6, 6.07) is 14.5. The first-order valence-electron chi connectivity index (χ1n) is 10.2. The van der Waals surface area contributed by atoms with E-state index < -0.39 is 5.92 Å². The number of allylic oxidation sites excluding steroid dienone is 3. The standard InChI is InChI=1S/C24H18N6O3/c1-33-18-6-4-5-17(13-18)30-14-21(26-29-30)24(32)25-16-11-9-15(10-12-16)22-19-7-2-3-8-20(19)23(31)28-27-22/h2-14,20H,1H3,(H,25,32). The molecule has 1 unspecified atom stereocenters. The van der Waals surface area contributed by atoms with Crippen molar-refractivity contribution in [1.29, 1.82) is 0 Å². The molecule has 2 heterocycles. The third-order valence-corrected chi connectivity index (χ3v) is 5.27. The van der Waals surface area contributed by atoms with E-state index in [1.54, 1.807) is 31.5 Å². The molecule has 162 valence electrons. The van der Waals surface area contributed by atoms with Crippen LogP contribution in [0.25, 0.3) is 11.4 Å². The number of carbonyl (C=O) groups excluding carboxylic acids is 2. The quantitative estimate of drug-likeness (QED) is 0.648. The van der Waals surface area contributed by atoms with Gasteiger partial charge < -0.3 is 10.1 Å². The van der Waals surface area contributed by atoms with Gasteiger partial charge in [0.1, 0.15) is 5.75 Å². The van der Waals surface area contributed by atoms with E-state index in [-0.39, 0.29) is 17.5 Å². The van der Waals surface area contributed by atoms with Crippen LogP contribution in [0.3, 0.4) is 0 Å². The van der Waals surface area contributed by atoms with Gasteiger partial charge in [0.25, 0.3) is 11.8 Å². The second kappa shape index (κ2) is 8.46. The fraction of sp³-hybridized carbons (Fsp3) is 0.0833. The maximum atomic E-state index is 12.6. The molecule has 33 heavy (non-hydrogen) atoms. The summed E-state index contributed by atoms with van der Waals surface area (Å²) < 4.78 is 6.72. The summed E-state index contributed by atoms with van der Waals surface area (Å²) in [4.78, 5) is 24.6. The summed E-state index contributed by atoms with van der Waals surface area (Å²) in [5.41, 5.74) is 3.74. The van der Waals surface area contributed by atoms with Crippen molar-refractivity contribution in [2.75, 3.05) is 12.4 Å². The topological polar surface area (TPSA) is 111 Å². The Bertz CT molecular complexity index is 1360. The van der Waals surface area contributed by atoms with Crippen molar-refractivity contribution in [3.05, 3.63) is 95.9 Å². The van der Waals surface area contributed by atoms with E-state index in [4.69, 9.17) is 4.74 Å². The smallest absolute Gasteiger partial charge is 0.277 e. The molecule has 2 amide bonds. The van der Waals surface area contributed by atoms with Crippen LogP contribution in [0.1, 0.15) is 16.1 Å². The van der Waals surface area contributed by atoms with E-state index in [2.05, 4.69) is 25.9 Å². The lowest BCUT2D eigenvalue weighted by Crippen LogP contribution is -2.17. The lowest BCUT2D eigenvalue weighted by molar-refractivity contribution is -0.119. The Morgan fingerprint density at radius 3 is 2.76 bits per heavy atom. The lowest BCUT2D eigenvalue weighted by atomic mass is 9.89. The zero-order valence-electron chi connectivity index (χ0n) is 17.5. The Labute approximate surface area is 188 Å². The molecule has 9 nitrogen and oxygen atoms in total. The Morgan fingerprint density at radius 2 is 1.94 bits per heavy atom. The fourth-order valence-electron chi connectivity index (χ4n) is 3.58. The number of aromatic nitrogens is 3. The van der Waals surface area contributed by atoms with Crippen LogP contribution in [0.15, 0.2) is 94.8 Å². The summed E-state index contributed by atoms with van der Waals surface area (Å²) in [5.74, 6) is -0.394. The van der Waals surface area contributed by atoms with Gasteiger partial charge in [-0.3, -0.25) is 9.59 Å². The van der Waals surface area contributed by atoms with Crippen molar-refractivity contribution in [3.63, 3.8) is 0 Å². The fourth-order valence-corrected chi connectivity index (χ4v) is 3.58. The average Bonchev–Trinajstić information content (AvgIpc) is 3.36. The number of methoxy groups -OCH3 is 1. The van der Waals surface area contributed by atoms with E-state index in [0.29, 0.717) is 17.1 Å². The van der Waals surface area contributed by atoms with Gasteiger partial charge in [0.2, 0.25) is 0 Å². The van der Waals surface area contributed by atoms with E-state index >= 15 is 0 Å². The largest absolute Gasteiger partial charge is 0.497 e. The number of carbonyl (C=O) groups is 2. The van der Waals surface area contributed by atoms with Gasteiger partial charge in [-0.05, 0) is 29.8 Å². The molecule has 1 aliphatic heterocycles. The first kappa shape index (κ1) is 20.3. The molecule has 0 spiro atoms. The highest BCUT2D eigenvalue weighted by Gasteiger charge is 2.27. The van der Waals surface area contributed by atoms with Crippen molar-refractivity contribution >= 4 is 23.2 Å². The zero-order valence-corrected chi connectivity index (χ0v) is 17.5. The molecule has 2 aliphatic rings. The SMILES string of the molecule is COc1cccc(-n2cc(C(=O)Nc3ccc(C4=C5C=CC=CC5C(=O)N=N4)cc3)nn2)c1. The van der Waals surface area contributed by atoms with Gasteiger partial charge in [0.05, 0.1) is 30.6 Å². The van der Waals surface area contributed by atoms with Crippen LogP contribution < -0.4 is 10.1 Å². The summed E-state index contributed by atoms with van der Waals surface area (Å²) in [6.45, 7) is 0. The normalized spacial score (nSPS) is 16.6. The number of hydrogen-bond donors (Lipinski definition) is 1. The number of nitrogens with one attached hydrogen (secondary N) is 1. The summed E-state index contributed by atoms with van der Waals surface area (Å²) in [6.07, 6.45) is 8.93. The van der Waals surface area contributed by atoms with Crippen molar-refractivity contribution in [1.82, 2.24) is 15.0 Å². The maximum absolute atomic E-state index is 12.6. The lowest BCUT2D eigenvalue weighted by Gasteiger charge is -2.19. The van der Waals surface area contributed by atoms with Crippen molar-refractivity contribution < 1.29 is 14.3 Å². The van der Waals surface area contributed by atoms with Gasteiger partial charge in [-0.15, -0.1) is 15.3 Å². The van der Waals surface area contributed by atoms with Gasteiger partial charge in [0, 0.05) is 17.3 Å². The number of amides is 2. The van der Waals surface area contributed by atoms with Crippen LogP contribution in [0, 0.1) is 5.92 Å². The van der Waals surface area contributed by atoms with Crippen LogP contribution in [0.2, 0.25) is 0 Å². The second-order valence-corrected chi connectivity index (χ2v) is 7.35. The first-order chi connectivity index (χ1) is 16.1. The van der Waals surface area contributed by atoms with E-state index in [9.17, 15) is 9.59 Å². The zero-order chi connectivity index (χ0) is 22.8. The number of fused-ring (bicyclic) bond motifs is 1. The minimum absolute atomic E-state index is 0.174. The van der Waals surface area contributed by atoms with Crippen LogP contribution in [-0.2, 0) is 4.79 Å². The summed E-state index contributed by atoms with van der Waals surface area (Å²) in [7, 11) is 1.58. The van der Waals surface area contributed by atoms with Crippen molar-refractivity contribution in [3.8, 4) is 11.4 Å². The van der Waals surface area contributed by atoms with Crippen LogP contribution in [0.4, 0.5) is 5.69 Å². The van der Waals surface area contributed by atoms with E-state index in [0.717, 1.165) is 16.8 Å². The van der Waals surface area contributed by atoms with Crippen LogP contribution in [0.5, 0.6) is 5.75 Å². The van der Waals surface area contributed by atoms with Gasteiger partial charge in [-0.1, -0.05) is 47.7 Å². The van der Waals surface area contributed by atoms with Gasteiger partial charge >= 0.3 is 0 Å². The number of hydrogen-bond acceptors (Lipinski definition) is 6. The third-order valence-electron chi connectivity index (χ3n) is 5.27. The molecule has 0 bridgehead atoms. The molecule has 5 rings (SSSR count). The van der Waals surface area contributed by atoms with Crippen molar-refractivity contribution in [2.45, 2.75) is 0 Å². The Hall–Kier alpha value is -4.66. The number of ether oxygens (including phenoxy) is 1. The molecule has 1 N–H and O–H groups in total. The molecule has 0 saturated heterocycles. The molecule has 9 heteroatoms. The van der Waals surface area contributed by atoms with Crippen LogP contribution in [-0.4, -0.2) is 33.9 Å². The number of nitrogens with zero attached hydrogens (tertiary/aromatic N) is 5. The predicted octanol–water partition coefficient (Wildman–Crippen LogP) is 3.97. The number of rotatable bonds is 5. The average molecular weight is 438 g/mol.